The van der Waals surface area contributed by atoms with Crippen LogP contribution in [0.5, 0.6) is 0 Å². The van der Waals surface area contributed by atoms with Gasteiger partial charge in [0.05, 0.1) is 0 Å². The molecule has 0 saturated heterocycles. The average molecular weight is 104 g/mol. The standard InChI is InChI=1S/C6H7BN/c1-8-4-2-6(7)3-5-8/h2-5H,1H3/q+1. The summed E-state index contributed by atoms with van der Waals surface area (Å²) in [6.45, 7) is 0. The van der Waals surface area contributed by atoms with Gasteiger partial charge in [-0.3, -0.25) is 0 Å². The Labute approximate surface area is 50.4 Å². The lowest BCUT2D eigenvalue weighted by Crippen LogP contribution is -2.28. The van der Waals surface area contributed by atoms with Crippen LogP contribution >= 0.6 is 0 Å². The Morgan fingerprint density at radius 2 is 1.88 bits per heavy atom. The van der Waals surface area contributed by atoms with E-state index in [9.17, 15) is 0 Å². The SMILES string of the molecule is [B]c1cc[n+](C)cc1. The van der Waals surface area contributed by atoms with E-state index in [4.69, 9.17) is 7.85 Å². The Balaban J connectivity index is 3.03. The number of hydrogen-bond acceptors (Lipinski definition) is 0. The van der Waals surface area contributed by atoms with Gasteiger partial charge in [0.25, 0.3) is 0 Å². The van der Waals surface area contributed by atoms with Crippen molar-refractivity contribution in [2.24, 2.45) is 7.05 Å². The second kappa shape index (κ2) is 1.99. The normalized spacial score (nSPS) is 9.12. The first-order valence-electron chi connectivity index (χ1n) is 2.50. The van der Waals surface area contributed by atoms with E-state index in [0.717, 1.165) is 5.46 Å². The molecule has 1 rings (SSSR count). The number of aromatic nitrogens is 1. The Hall–Kier alpha value is -0.785. The van der Waals surface area contributed by atoms with Gasteiger partial charge >= 0.3 is 0 Å². The van der Waals surface area contributed by atoms with Crippen LogP contribution in [-0.2, 0) is 7.05 Å². The van der Waals surface area contributed by atoms with Gasteiger partial charge in [-0.1, -0.05) is 5.46 Å². The molecule has 0 saturated carbocycles. The summed E-state index contributed by atoms with van der Waals surface area (Å²) in [5.41, 5.74) is 0.808. The van der Waals surface area contributed by atoms with Crippen LogP contribution in [0.3, 0.4) is 0 Å². The minimum absolute atomic E-state index is 0.808. The summed E-state index contributed by atoms with van der Waals surface area (Å²) in [5, 5.41) is 0. The van der Waals surface area contributed by atoms with Crippen molar-refractivity contribution in [3.63, 3.8) is 0 Å². The quantitative estimate of drug-likeness (QED) is 0.303. The van der Waals surface area contributed by atoms with Crippen molar-refractivity contribution < 1.29 is 4.57 Å². The molecular formula is C6H7BN+. The molecule has 1 aromatic heterocycles. The molecule has 38 valence electrons. The fourth-order valence-corrected chi connectivity index (χ4v) is 0.513. The first kappa shape index (κ1) is 5.35. The maximum absolute atomic E-state index is 5.41. The van der Waals surface area contributed by atoms with E-state index in [1.54, 1.807) is 0 Å². The van der Waals surface area contributed by atoms with Crippen molar-refractivity contribution in [3.8, 4) is 0 Å². The maximum Gasteiger partial charge on any atom is 0.167 e. The van der Waals surface area contributed by atoms with Crippen LogP contribution in [0.1, 0.15) is 0 Å². The van der Waals surface area contributed by atoms with Crippen LogP contribution < -0.4 is 10.0 Å². The van der Waals surface area contributed by atoms with Crippen LogP contribution in [0.25, 0.3) is 0 Å². The largest absolute Gasteiger partial charge is 0.208 e. The monoisotopic (exact) mass is 104 g/mol. The predicted octanol–water partition coefficient (Wildman–Crippen LogP) is -0.695. The van der Waals surface area contributed by atoms with E-state index in [0.29, 0.717) is 0 Å². The molecule has 0 unspecified atom stereocenters. The topological polar surface area (TPSA) is 3.88 Å². The molecule has 1 nitrogen and oxygen atoms in total. The van der Waals surface area contributed by atoms with Gasteiger partial charge in [0, 0.05) is 0 Å². The molecule has 2 heteroatoms. The van der Waals surface area contributed by atoms with Crippen LogP contribution in [0.15, 0.2) is 24.5 Å². The fraction of sp³-hybridized carbons (Fsp3) is 0.167. The van der Waals surface area contributed by atoms with E-state index >= 15 is 0 Å². The second-order valence-electron chi connectivity index (χ2n) is 1.80. The van der Waals surface area contributed by atoms with Crippen LogP contribution in [0, 0.1) is 0 Å². The van der Waals surface area contributed by atoms with Gasteiger partial charge < -0.3 is 0 Å². The number of rotatable bonds is 0. The molecule has 0 atom stereocenters. The Morgan fingerprint density at radius 3 is 2.25 bits per heavy atom. The van der Waals surface area contributed by atoms with Gasteiger partial charge in [-0.2, -0.15) is 0 Å². The van der Waals surface area contributed by atoms with Gasteiger partial charge in [-0.15, -0.1) is 0 Å². The molecule has 0 aromatic carbocycles. The van der Waals surface area contributed by atoms with Crippen molar-refractivity contribution >= 4 is 13.3 Å². The molecule has 1 aromatic rings. The van der Waals surface area contributed by atoms with Crippen molar-refractivity contribution in [2.45, 2.75) is 0 Å². The van der Waals surface area contributed by atoms with Crippen LogP contribution in [0.2, 0.25) is 0 Å². The number of pyridine rings is 1. The highest BCUT2D eigenvalue weighted by Crippen LogP contribution is 1.67. The molecule has 0 bridgehead atoms. The zero-order valence-electron chi connectivity index (χ0n) is 4.83. The molecule has 0 spiro atoms. The van der Waals surface area contributed by atoms with Crippen molar-refractivity contribution in [2.75, 3.05) is 0 Å². The summed E-state index contributed by atoms with van der Waals surface area (Å²) in [4.78, 5) is 0. The molecule has 0 fully saturated rings. The van der Waals surface area contributed by atoms with Crippen molar-refractivity contribution in [1.82, 2.24) is 0 Å². The third kappa shape index (κ3) is 1.09. The first-order chi connectivity index (χ1) is 3.79. The summed E-state index contributed by atoms with van der Waals surface area (Å²) in [6, 6.07) is 3.72. The van der Waals surface area contributed by atoms with Crippen LogP contribution in [0.4, 0.5) is 0 Å². The Bertz CT molecular complexity index is 147. The lowest BCUT2D eigenvalue weighted by Gasteiger charge is -1.85. The molecule has 0 aliphatic heterocycles. The zero-order valence-corrected chi connectivity index (χ0v) is 4.83. The van der Waals surface area contributed by atoms with E-state index in [1.807, 2.05) is 36.1 Å². The number of aryl methyl sites for hydroxylation is 1. The molecule has 0 aliphatic carbocycles. The number of hydrogen-bond donors (Lipinski definition) is 0. The molecule has 1 heterocycles. The zero-order chi connectivity index (χ0) is 5.98. The maximum atomic E-state index is 5.41. The van der Waals surface area contributed by atoms with Gasteiger partial charge in [-0.25, -0.2) is 4.57 Å². The summed E-state index contributed by atoms with van der Waals surface area (Å²) >= 11 is 0. The minimum atomic E-state index is 0.808. The van der Waals surface area contributed by atoms with Gasteiger partial charge in [0.1, 0.15) is 14.9 Å². The average Bonchev–Trinajstić information content (AvgIpc) is 1.77. The van der Waals surface area contributed by atoms with Crippen molar-refractivity contribution in [3.05, 3.63) is 24.5 Å². The lowest BCUT2D eigenvalue weighted by atomic mass is 9.98. The van der Waals surface area contributed by atoms with Crippen LogP contribution in [-0.4, -0.2) is 7.85 Å². The minimum Gasteiger partial charge on any atom is -0.208 e. The van der Waals surface area contributed by atoms with Crippen molar-refractivity contribution in [1.29, 1.82) is 0 Å². The molecule has 0 amide bonds. The third-order valence-electron chi connectivity index (χ3n) is 1.00. The summed E-state index contributed by atoms with van der Waals surface area (Å²) in [5.74, 6) is 0. The van der Waals surface area contributed by atoms with E-state index < -0.39 is 0 Å². The highest BCUT2D eigenvalue weighted by Gasteiger charge is 1.85. The molecular weight excluding hydrogens is 96.9 g/mol. The second-order valence-corrected chi connectivity index (χ2v) is 1.80. The summed E-state index contributed by atoms with van der Waals surface area (Å²) < 4.78 is 1.94. The van der Waals surface area contributed by atoms with E-state index in [-0.39, 0.29) is 0 Å². The molecule has 2 radical (unpaired) electrons. The van der Waals surface area contributed by atoms with E-state index in [1.165, 1.54) is 0 Å². The van der Waals surface area contributed by atoms with E-state index in [2.05, 4.69) is 0 Å². The fourth-order valence-electron chi connectivity index (χ4n) is 0.513. The smallest absolute Gasteiger partial charge is 0.167 e. The highest BCUT2D eigenvalue weighted by atomic mass is 14.9. The van der Waals surface area contributed by atoms with Gasteiger partial charge in [0.15, 0.2) is 12.4 Å². The molecule has 8 heavy (non-hydrogen) atoms. The van der Waals surface area contributed by atoms with Gasteiger partial charge in [0.2, 0.25) is 0 Å². The van der Waals surface area contributed by atoms with Gasteiger partial charge in [-0.05, 0) is 12.1 Å². The predicted molar refractivity (Wildman–Crippen MR) is 33.0 cm³/mol. The lowest BCUT2D eigenvalue weighted by molar-refractivity contribution is -0.671. The molecule has 0 N–H and O–H groups in total. The Kier molecular flexibility index (Phi) is 1.33. The summed E-state index contributed by atoms with van der Waals surface area (Å²) in [7, 11) is 7.37. The Morgan fingerprint density at radius 1 is 1.38 bits per heavy atom. The molecule has 0 aliphatic rings. The summed E-state index contributed by atoms with van der Waals surface area (Å²) in [6.07, 6.45) is 3.82. The first-order valence-corrected chi connectivity index (χ1v) is 2.50. The highest BCUT2D eigenvalue weighted by molar-refractivity contribution is 6.32. The number of nitrogens with zero attached hydrogens (tertiary/aromatic N) is 1. The third-order valence-corrected chi connectivity index (χ3v) is 1.00.